The van der Waals surface area contributed by atoms with Crippen molar-refractivity contribution in [3.05, 3.63) is 83.6 Å². The number of ether oxygens (including phenoxy) is 1. The van der Waals surface area contributed by atoms with E-state index in [1.54, 1.807) is 37.4 Å². The lowest BCUT2D eigenvalue weighted by Crippen LogP contribution is -2.46. The van der Waals surface area contributed by atoms with Crippen molar-refractivity contribution in [2.45, 2.75) is 5.54 Å². The monoisotopic (exact) mass is 414 g/mol. The fourth-order valence-corrected chi connectivity index (χ4v) is 4.02. The van der Waals surface area contributed by atoms with E-state index in [-0.39, 0.29) is 5.91 Å². The van der Waals surface area contributed by atoms with Crippen molar-refractivity contribution in [1.29, 1.82) is 5.26 Å². The maximum atomic E-state index is 13.3. The van der Waals surface area contributed by atoms with Crippen LogP contribution in [0.2, 0.25) is 0 Å². The van der Waals surface area contributed by atoms with Gasteiger partial charge < -0.3 is 15.0 Å². The number of benzene rings is 2. The standard InChI is InChI=1S/C23H18N4O2S/c1-27-22(30)26-21(28)23(27,17-6-8-19(29-2)9-7-17)18-10-11-25-20(13-18)16-5-3-4-15(12-16)14-24/h3-13H,1-2H3,(H,26,28,30). The summed E-state index contributed by atoms with van der Waals surface area (Å²) in [5, 5.41) is 12.3. The van der Waals surface area contributed by atoms with Crippen LogP contribution in [0.25, 0.3) is 11.3 Å². The Labute approximate surface area is 179 Å². The molecule has 0 aliphatic carbocycles. The molecular formula is C23H18N4O2S. The molecule has 2 aromatic carbocycles. The number of hydrogen-bond acceptors (Lipinski definition) is 5. The molecule has 1 aliphatic rings. The first-order valence-electron chi connectivity index (χ1n) is 9.21. The van der Waals surface area contributed by atoms with Gasteiger partial charge in [0, 0.05) is 18.8 Å². The molecule has 1 N–H and O–H groups in total. The Morgan fingerprint density at radius 2 is 1.90 bits per heavy atom. The van der Waals surface area contributed by atoms with Crippen molar-refractivity contribution in [1.82, 2.24) is 15.2 Å². The van der Waals surface area contributed by atoms with Crippen LogP contribution >= 0.6 is 12.2 Å². The number of likely N-dealkylation sites (N-methyl/N-ethyl adjacent to an activating group) is 1. The third-order valence-electron chi connectivity index (χ3n) is 5.33. The number of carbonyl (C=O) groups excluding carboxylic acids is 1. The number of methoxy groups -OCH3 is 1. The molecular weight excluding hydrogens is 396 g/mol. The minimum absolute atomic E-state index is 0.233. The molecule has 1 fully saturated rings. The summed E-state index contributed by atoms with van der Waals surface area (Å²) in [6.45, 7) is 0. The molecule has 1 aliphatic heterocycles. The molecule has 3 aromatic rings. The van der Waals surface area contributed by atoms with Crippen LogP contribution in [0, 0.1) is 11.3 Å². The number of nitriles is 1. The van der Waals surface area contributed by atoms with Crippen molar-refractivity contribution in [2.75, 3.05) is 14.2 Å². The number of thiocarbonyl (C=S) groups is 1. The second kappa shape index (κ2) is 7.58. The van der Waals surface area contributed by atoms with Crippen LogP contribution in [0.4, 0.5) is 0 Å². The number of pyridine rings is 1. The van der Waals surface area contributed by atoms with Gasteiger partial charge in [-0.25, -0.2) is 0 Å². The summed E-state index contributed by atoms with van der Waals surface area (Å²) in [7, 11) is 3.39. The van der Waals surface area contributed by atoms with Crippen molar-refractivity contribution in [3.63, 3.8) is 0 Å². The molecule has 7 heteroatoms. The summed E-state index contributed by atoms with van der Waals surface area (Å²) < 4.78 is 5.27. The predicted octanol–water partition coefficient (Wildman–Crippen LogP) is 3.22. The average molecular weight is 414 g/mol. The fraction of sp³-hybridized carbons (Fsp3) is 0.130. The Kier molecular flexibility index (Phi) is 4.94. The number of amides is 1. The van der Waals surface area contributed by atoms with Crippen LogP contribution in [0.5, 0.6) is 5.75 Å². The van der Waals surface area contributed by atoms with E-state index in [4.69, 9.17) is 17.0 Å². The smallest absolute Gasteiger partial charge is 0.261 e. The second-order valence-electron chi connectivity index (χ2n) is 6.88. The number of carbonyl (C=O) groups is 1. The van der Waals surface area contributed by atoms with Gasteiger partial charge >= 0.3 is 0 Å². The van der Waals surface area contributed by atoms with E-state index in [0.29, 0.717) is 22.1 Å². The van der Waals surface area contributed by atoms with Crippen LogP contribution in [-0.2, 0) is 10.3 Å². The lowest BCUT2D eigenvalue weighted by atomic mass is 9.81. The number of nitrogens with zero attached hydrogens (tertiary/aromatic N) is 3. The van der Waals surface area contributed by atoms with Crippen molar-refractivity contribution >= 4 is 23.2 Å². The van der Waals surface area contributed by atoms with Crippen LogP contribution < -0.4 is 10.1 Å². The Bertz CT molecular complexity index is 1190. The Hall–Kier alpha value is -3.76. The van der Waals surface area contributed by atoms with E-state index >= 15 is 0 Å². The van der Waals surface area contributed by atoms with E-state index in [0.717, 1.165) is 16.7 Å². The van der Waals surface area contributed by atoms with Crippen LogP contribution in [0.15, 0.2) is 66.9 Å². The number of hydrogen-bond donors (Lipinski definition) is 1. The quantitative estimate of drug-likeness (QED) is 0.661. The van der Waals surface area contributed by atoms with E-state index < -0.39 is 5.54 Å². The normalized spacial score (nSPS) is 18.1. The molecule has 0 bridgehead atoms. The van der Waals surface area contributed by atoms with Crippen LogP contribution in [0.1, 0.15) is 16.7 Å². The lowest BCUT2D eigenvalue weighted by molar-refractivity contribution is -0.124. The highest BCUT2D eigenvalue weighted by atomic mass is 32.1. The minimum atomic E-state index is -1.14. The molecule has 0 spiro atoms. The maximum Gasteiger partial charge on any atom is 0.261 e. The molecule has 6 nitrogen and oxygen atoms in total. The van der Waals surface area contributed by atoms with Gasteiger partial charge in [0.2, 0.25) is 0 Å². The molecule has 30 heavy (non-hydrogen) atoms. The zero-order valence-electron chi connectivity index (χ0n) is 16.4. The Morgan fingerprint density at radius 3 is 2.53 bits per heavy atom. The third-order valence-corrected chi connectivity index (χ3v) is 5.71. The third kappa shape index (κ3) is 2.98. The van der Waals surface area contributed by atoms with E-state index in [1.165, 1.54) is 0 Å². The SMILES string of the molecule is COc1ccc(C2(c3ccnc(-c4cccc(C#N)c4)c3)C(=O)NC(=S)N2C)cc1. The Morgan fingerprint density at radius 1 is 1.13 bits per heavy atom. The summed E-state index contributed by atoms with van der Waals surface area (Å²) in [6, 6.07) is 20.4. The van der Waals surface area contributed by atoms with Gasteiger partial charge in [0.15, 0.2) is 10.7 Å². The number of aromatic nitrogens is 1. The molecule has 4 rings (SSSR count). The second-order valence-corrected chi connectivity index (χ2v) is 7.27. The van der Waals surface area contributed by atoms with Crippen LogP contribution in [-0.4, -0.2) is 35.1 Å². The molecule has 1 unspecified atom stereocenters. The summed E-state index contributed by atoms with van der Waals surface area (Å²) in [6.07, 6.45) is 1.66. The average Bonchev–Trinajstić information content (AvgIpc) is 3.02. The molecule has 0 radical (unpaired) electrons. The summed E-state index contributed by atoms with van der Waals surface area (Å²) in [5.41, 5.74) is 2.33. The first-order chi connectivity index (χ1) is 14.5. The number of nitrogens with one attached hydrogen (secondary N) is 1. The van der Waals surface area contributed by atoms with Gasteiger partial charge in [-0.1, -0.05) is 24.3 Å². The zero-order valence-corrected chi connectivity index (χ0v) is 17.2. The highest BCUT2D eigenvalue weighted by Gasteiger charge is 2.52. The van der Waals surface area contributed by atoms with Crippen molar-refractivity contribution in [3.8, 4) is 23.1 Å². The van der Waals surface area contributed by atoms with Gasteiger partial charge in [-0.05, 0) is 59.7 Å². The summed E-state index contributed by atoms with van der Waals surface area (Å²) in [5.74, 6) is 0.462. The van der Waals surface area contributed by atoms with E-state index in [9.17, 15) is 10.1 Å². The molecule has 1 amide bonds. The van der Waals surface area contributed by atoms with Gasteiger partial charge in [0.05, 0.1) is 24.4 Å². The van der Waals surface area contributed by atoms with E-state index in [2.05, 4.69) is 16.4 Å². The summed E-state index contributed by atoms with van der Waals surface area (Å²) in [4.78, 5) is 19.5. The van der Waals surface area contributed by atoms with Gasteiger partial charge in [-0.2, -0.15) is 5.26 Å². The minimum Gasteiger partial charge on any atom is -0.497 e. The molecule has 1 aromatic heterocycles. The molecule has 0 saturated carbocycles. The first-order valence-corrected chi connectivity index (χ1v) is 9.62. The lowest BCUT2D eigenvalue weighted by Gasteiger charge is -2.35. The van der Waals surface area contributed by atoms with Crippen molar-refractivity contribution < 1.29 is 9.53 Å². The zero-order chi connectivity index (χ0) is 21.3. The maximum absolute atomic E-state index is 13.3. The predicted molar refractivity (Wildman–Crippen MR) is 117 cm³/mol. The van der Waals surface area contributed by atoms with Crippen molar-refractivity contribution in [2.24, 2.45) is 0 Å². The molecule has 2 heterocycles. The highest BCUT2D eigenvalue weighted by molar-refractivity contribution is 7.80. The first kappa shape index (κ1) is 19.6. The largest absolute Gasteiger partial charge is 0.497 e. The fourth-order valence-electron chi connectivity index (χ4n) is 3.79. The molecule has 1 saturated heterocycles. The van der Waals surface area contributed by atoms with Gasteiger partial charge in [0.1, 0.15) is 5.75 Å². The summed E-state index contributed by atoms with van der Waals surface area (Å²) >= 11 is 5.39. The highest BCUT2D eigenvalue weighted by Crippen LogP contribution is 2.40. The van der Waals surface area contributed by atoms with E-state index in [1.807, 2.05) is 48.5 Å². The van der Waals surface area contributed by atoms with Crippen LogP contribution in [0.3, 0.4) is 0 Å². The van der Waals surface area contributed by atoms with Gasteiger partial charge in [-0.3, -0.25) is 9.78 Å². The number of rotatable bonds is 4. The Balaban J connectivity index is 1.91. The molecule has 148 valence electrons. The molecule has 1 atom stereocenters. The van der Waals surface area contributed by atoms with Gasteiger partial charge in [0.25, 0.3) is 5.91 Å². The topological polar surface area (TPSA) is 78.2 Å². The van der Waals surface area contributed by atoms with Gasteiger partial charge in [-0.15, -0.1) is 0 Å².